The average Bonchev–Trinajstić information content (AvgIpc) is 2.81. The van der Waals surface area contributed by atoms with Crippen molar-refractivity contribution in [3.8, 4) is 5.75 Å². The van der Waals surface area contributed by atoms with Crippen LogP contribution < -0.4 is 4.18 Å². The maximum absolute atomic E-state index is 13.3. The second-order valence-corrected chi connectivity index (χ2v) is 9.45. The van der Waals surface area contributed by atoms with Crippen LogP contribution in [-0.4, -0.2) is 25.3 Å². The van der Waals surface area contributed by atoms with E-state index in [1.54, 1.807) is 11.0 Å². The summed E-state index contributed by atoms with van der Waals surface area (Å²) < 4.78 is 82.5. The van der Waals surface area contributed by atoms with E-state index in [-0.39, 0.29) is 24.2 Å². The molecule has 0 heterocycles. The Labute approximate surface area is 201 Å². The largest absolute Gasteiger partial charge is 0.416 e. The van der Waals surface area contributed by atoms with Gasteiger partial charge in [0.25, 0.3) is 5.91 Å². The molecule has 3 aromatic carbocycles. The first-order valence-electron chi connectivity index (χ1n) is 10.7. The van der Waals surface area contributed by atoms with Crippen molar-refractivity contribution >= 4 is 16.0 Å². The molecular formula is C25H23F4NO4S. The molecule has 0 fully saturated rings. The van der Waals surface area contributed by atoms with Crippen molar-refractivity contribution in [3.05, 3.63) is 95.3 Å². The zero-order valence-corrected chi connectivity index (χ0v) is 19.7. The smallest absolute Gasteiger partial charge is 0.379 e. The molecule has 5 nitrogen and oxygen atoms in total. The molecule has 3 rings (SSSR count). The van der Waals surface area contributed by atoms with Crippen LogP contribution in [-0.2, 0) is 22.8 Å². The highest BCUT2D eigenvalue weighted by Crippen LogP contribution is 2.31. The lowest BCUT2D eigenvalue weighted by molar-refractivity contribution is -0.137. The van der Waals surface area contributed by atoms with E-state index in [0.717, 1.165) is 18.2 Å². The van der Waals surface area contributed by atoms with Gasteiger partial charge in [-0.2, -0.15) is 21.6 Å². The third kappa shape index (κ3) is 6.60. The monoisotopic (exact) mass is 509 g/mol. The van der Waals surface area contributed by atoms with E-state index in [0.29, 0.717) is 23.6 Å². The quantitative estimate of drug-likeness (QED) is 0.274. The molecule has 0 aromatic heterocycles. The SMILES string of the molecule is CCC(C)N(Cc1cccc(OS(=O)(=O)c2cccc(C(F)(F)F)c2)c1)C(=O)c1ccc(F)cc1. The number of hydrogen-bond acceptors (Lipinski definition) is 4. The Kier molecular flexibility index (Phi) is 7.84. The summed E-state index contributed by atoms with van der Waals surface area (Å²) in [6.07, 6.45) is -4.07. The predicted molar refractivity (Wildman–Crippen MR) is 122 cm³/mol. The molecule has 0 spiro atoms. The maximum atomic E-state index is 13.3. The van der Waals surface area contributed by atoms with Crippen LogP contribution in [0.15, 0.2) is 77.7 Å². The van der Waals surface area contributed by atoms with E-state index in [1.807, 2.05) is 13.8 Å². The molecule has 10 heteroatoms. The second kappa shape index (κ2) is 10.5. The Bertz CT molecular complexity index is 1290. The highest BCUT2D eigenvalue weighted by atomic mass is 32.2. The third-order valence-corrected chi connectivity index (χ3v) is 6.63. The van der Waals surface area contributed by atoms with Gasteiger partial charge in [-0.05, 0) is 73.5 Å². The van der Waals surface area contributed by atoms with Crippen molar-refractivity contribution in [2.75, 3.05) is 0 Å². The molecule has 1 atom stereocenters. The Balaban J connectivity index is 1.84. The fourth-order valence-electron chi connectivity index (χ4n) is 3.30. The van der Waals surface area contributed by atoms with Crippen molar-refractivity contribution in [2.45, 2.75) is 43.9 Å². The van der Waals surface area contributed by atoms with Crippen molar-refractivity contribution < 1.29 is 35.0 Å². The van der Waals surface area contributed by atoms with Crippen molar-refractivity contribution in [3.63, 3.8) is 0 Å². The standard InChI is InChI=1S/C25H23F4NO4S/c1-3-17(2)30(24(31)19-10-12-21(26)13-11-19)16-18-6-4-8-22(14-18)34-35(32,33)23-9-5-7-20(15-23)25(27,28)29/h4-15,17H,3,16H2,1-2H3. The van der Waals surface area contributed by atoms with Crippen LogP contribution in [0.2, 0.25) is 0 Å². The fourth-order valence-corrected chi connectivity index (χ4v) is 4.27. The van der Waals surface area contributed by atoms with Crippen molar-refractivity contribution in [2.24, 2.45) is 0 Å². The number of rotatable bonds is 8. The molecule has 186 valence electrons. The van der Waals surface area contributed by atoms with Crippen LogP contribution in [0.1, 0.15) is 41.8 Å². The minimum atomic E-state index is -4.71. The first-order valence-corrected chi connectivity index (χ1v) is 12.1. The van der Waals surface area contributed by atoms with Gasteiger partial charge in [0, 0.05) is 18.2 Å². The summed E-state index contributed by atoms with van der Waals surface area (Å²) >= 11 is 0. The maximum Gasteiger partial charge on any atom is 0.416 e. The van der Waals surface area contributed by atoms with E-state index >= 15 is 0 Å². The zero-order valence-electron chi connectivity index (χ0n) is 18.9. The van der Waals surface area contributed by atoms with Crippen molar-refractivity contribution in [1.29, 1.82) is 0 Å². The topological polar surface area (TPSA) is 63.7 Å². The fraction of sp³-hybridized carbons (Fsp3) is 0.240. The van der Waals surface area contributed by atoms with Gasteiger partial charge in [0.1, 0.15) is 16.5 Å². The summed E-state index contributed by atoms with van der Waals surface area (Å²) in [5.74, 6) is -0.913. The van der Waals surface area contributed by atoms with Gasteiger partial charge < -0.3 is 9.08 Å². The van der Waals surface area contributed by atoms with Gasteiger partial charge in [0.2, 0.25) is 0 Å². The second-order valence-electron chi connectivity index (χ2n) is 7.91. The zero-order chi connectivity index (χ0) is 25.8. The molecule has 0 saturated heterocycles. The summed E-state index contributed by atoms with van der Waals surface area (Å²) in [6.45, 7) is 3.85. The highest BCUT2D eigenvalue weighted by Gasteiger charge is 2.32. The van der Waals surface area contributed by atoms with E-state index in [1.165, 1.54) is 42.5 Å². The van der Waals surface area contributed by atoms with Gasteiger partial charge in [-0.1, -0.05) is 25.1 Å². The Morgan fingerprint density at radius 2 is 1.66 bits per heavy atom. The number of hydrogen-bond donors (Lipinski definition) is 0. The number of halogens is 4. The van der Waals surface area contributed by atoms with Crippen LogP contribution >= 0.6 is 0 Å². The summed E-state index contributed by atoms with van der Waals surface area (Å²) in [5, 5.41) is 0. The normalized spacial score (nSPS) is 12.7. The molecular weight excluding hydrogens is 486 g/mol. The molecule has 0 saturated carbocycles. The van der Waals surface area contributed by atoms with Crippen LogP contribution in [0.5, 0.6) is 5.75 Å². The molecule has 1 amide bonds. The van der Waals surface area contributed by atoms with Gasteiger partial charge in [0.15, 0.2) is 0 Å². The lowest BCUT2D eigenvalue weighted by atomic mass is 10.1. The lowest BCUT2D eigenvalue weighted by Crippen LogP contribution is -2.37. The number of alkyl halides is 3. The Morgan fingerprint density at radius 1 is 1.00 bits per heavy atom. The number of amides is 1. The summed E-state index contributed by atoms with van der Waals surface area (Å²) in [4.78, 5) is 14.0. The molecule has 0 bridgehead atoms. The van der Waals surface area contributed by atoms with E-state index in [4.69, 9.17) is 4.18 Å². The van der Waals surface area contributed by atoms with E-state index in [2.05, 4.69) is 0 Å². The van der Waals surface area contributed by atoms with Crippen LogP contribution in [0.25, 0.3) is 0 Å². The molecule has 0 aliphatic rings. The lowest BCUT2D eigenvalue weighted by Gasteiger charge is -2.29. The first kappa shape index (κ1) is 26.2. The Morgan fingerprint density at radius 3 is 2.29 bits per heavy atom. The molecule has 0 aliphatic carbocycles. The highest BCUT2D eigenvalue weighted by molar-refractivity contribution is 7.87. The summed E-state index contributed by atoms with van der Waals surface area (Å²) in [5.41, 5.74) is -0.275. The van der Waals surface area contributed by atoms with E-state index < -0.39 is 32.6 Å². The van der Waals surface area contributed by atoms with Gasteiger partial charge in [-0.25, -0.2) is 4.39 Å². The molecule has 3 aromatic rings. The van der Waals surface area contributed by atoms with Gasteiger partial charge in [-0.3, -0.25) is 4.79 Å². The van der Waals surface area contributed by atoms with Crippen LogP contribution in [0.4, 0.5) is 17.6 Å². The minimum absolute atomic E-state index is 0.103. The molecule has 0 radical (unpaired) electrons. The number of carbonyl (C=O) groups is 1. The Hall–Kier alpha value is -3.40. The van der Waals surface area contributed by atoms with Gasteiger partial charge in [-0.15, -0.1) is 0 Å². The van der Waals surface area contributed by atoms with Crippen LogP contribution in [0, 0.1) is 5.82 Å². The third-order valence-electron chi connectivity index (χ3n) is 5.38. The van der Waals surface area contributed by atoms with Crippen LogP contribution in [0.3, 0.4) is 0 Å². The number of benzene rings is 3. The molecule has 0 N–H and O–H groups in total. The minimum Gasteiger partial charge on any atom is -0.379 e. The van der Waals surface area contributed by atoms with Gasteiger partial charge in [0.05, 0.1) is 5.56 Å². The number of nitrogens with zero attached hydrogens (tertiary/aromatic N) is 1. The number of carbonyl (C=O) groups excluding carboxylic acids is 1. The molecule has 35 heavy (non-hydrogen) atoms. The van der Waals surface area contributed by atoms with Crippen molar-refractivity contribution in [1.82, 2.24) is 4.90 Å². The predicted octanol–water partition coefficient (Wildman–Crippen LogP) is 6.05. The first-order chi connectivity index (χ1) is 16.4. The molecule has 0 aliphatic heterocycles. The van der Waals surface area contributed by atoms with E-state index in [9.17, 15) is 30.8 Å². The van der Waals surface area contributed by atoms with Gasteiger partial charge >= 0.3 is 16.3 Å². The summed E-state index contributed by atoms with van der Waals surface area (Å²) in [6, 6.07) is 14.2. The molecule has 1 unspecified atom stereocenters. The summed E-state index contributed by atoms with van der Waals surface area (Å²) in [7, 11) is -4.54. The average molecular weight is 510 g/mol.